The van der Waals surface area contributed by atoms with Crippen molar-refractivity contribution in [2.75, 3.05) is 6.61 Å². The molecular formula is C15H18O. The SMILES string of the molecule is CC(CO)C1(c2ccccc2)C=CCC=C1. The molecule has 0 aliphatic heterocycles. The number of rotatable bonds is 3. The van der Waals surface area contributed by atoms with E-state index in [9.17, 15) is 5.11 Å². The zero-order valence-corrected chi connectivity index (χ0v) is 9.63. The lowest BCUT2D eigenvalue weighted by molar-refractivity contribution is 0.204. The molecule has 84 valence electrons. The van der Waals surface area contributed by atoms with E-state index in [1.807, 2.05) is 6.07 Å². The summed E-state index contributed by atoms with van der Waals surface area (Å²) in [5, 5.41) is 9.45. The minimum Gasteiger partial charge on any atom is -0.396 e. The third-order valence-corrected chi connectivity index (χ3v) is 3.42. The molecule has 0 spiro atoms. The second kappa shape index (κ2) is 4.67. The van der Waals surface area contributed by atoms with Crippen LogP contribution in [0.5, 0.6) is 0 Å². The minimum atomic E-state index is -0.131. The van der Waals surface area contributed by atoms with E-state index >= 15 is 0 Å². The van der Waals surface area contributed by atoms with Crippen LogP contribution < -0.4 is 0 Å². The summed E-state index contributed by atoms with van der Waals surface area (Å²) in [6, 6.07) is 10.4. The van der Waals surface area contributed by atoms with E-state index in [-0.39, 0.29) is 17.9 Å². The second-order valence-corrected chi connectivity index (χ2v) is 4.42. The Morgan fingerprint density at radius 1 is 1.19 bits per heavy atom. The van der Waals surface area contributed by atoms with Crippen LogP contribution in [0.2, 0.25) is 0 Å². The standard InChI is InChI=1S/C15H18O/c1-13(12-16)15(10-6-3-7-11-15)14-8-4-2-5-9-14/h2,4-11,13,16H,3,12H2,1H3. The summed E-state index contributed by atoms with van der Waals surface area (Å²) in [6.45, 7) is 2.29. The van der Waals surface area contributed by atoms with Crippen molar-refractivity contribution in [3.63, 3.8) is 0 Å². The summed E-state index contributed by atoms with van der Waals surface area (Å²) >= 11 is 0. The van der Waals surface area contributed by atoms with Crippen LogP contribution in [-0.2, 0) is 5.41 Å². The Hall–Kier alpha value is -1.34. The number of allylic oxidation sites excluding steroid dienone is 4. The highest BCUT2D eigenvalue weighted by Gasteiger charge is 2.33. The third-order valence-electron chi connectivity index (χ3n) is 3.42. The fraction of sp³-hybridized carbons (Fsp3) is 0.333. The molecule has 1 nitrogen and oxygen atoms in total. The molecule has 16 heavy (non-hydrogen) atoms. The Morgan fingerprint density at radius 2 is 1.81 bits per heavy atom. The van der Waals surface area contributed by atoms with Crippen molar-refractivity contribution in [3.8, 4) is 0 Å². The lowest BCUT2D eigenvalue weighted by Gasteiger charge is -2.35. The first-order chi connectivity index (χ1) is 7.79. The van der Waals surface area contributed by atoms with Gasteiger partial charge in [-0.15, -0.1) is 0 Å². The first-order valence-corrected chi connectivity index (χ1v) is 5.81. The van der Waals surface area contributed by atoms with Gasteiger partial charge in [-0.3, -0.25) is 0 Å². The normalized spacial score (nSPS) is 19.6. The summed E-state index contributed by atoms with van der Waals surface area (Å²) < 4.78 is 0. The summed E-state index contributed by atoms with van der Waals surface area (Å²) in [5.41, 5.74) is 1.12. The molecule has 0 aromatic heterocycles. The molecule has 1 aromatic carbocycles. The molecule has 1 atom stereocenters. The molecule has 2 rings (SSSR count). The van der Waals surface area contributed by atoms with Gasteiger partial charge in [-0.05, 0) is 17.9 Å². The average Bonchev–Trinajstić information content (AvgIpc) is 2.39. The maximum Gasteiger partial charge on any atom is 0.0471 e. The van der Waals surface area contributed by atoms with Gasteiger partial charge < -0.3 is 5.11 Å². The number of hydrogen-bond donors (Lipinski definition) is 1. The zero-order valence-electron chi connectivity index (χ0n) is 9.63. The Morgan fingerprint density at radius 3 is 2.38 bits per heavy atom. The van der Waals surface area contributed by atoms with Gasteiger partial charge in [0.1, 0.15) is 0 Å². The van der Waals surface area contributed by atoms with E-state index in [0.717, 1.165) is 6.42 Å². The summed E-state index contributed by atoms with van der Waals surface area (Å²) in [4.78, 5) is 0. The van der Waals surface area contributed by atoms with Crippen molar-refractivity contribution in [1.29, 1.82) is 0 Å². The van der Waals surface area contributed by atoms with E-state index in [0.29, 0.717) is 0 Å². The molecule has 1 heteroatoms. The van der Waals surface area contributed by atoms with Crippen LogP contribution in [0.3, 0.4) is 0 Å². The van der Waals surface area contributed by atoms with Crippen molar-refractivity contribution in [3.05, 3.63) is 60.2 Å². The van der Waals surface area contributed by atoms with Crippen molar-refractivity contribution in [1.82, 2.24) is 0 Å². The monoisotopic (exact) mass is 214 g/mol. The first-order valence-electron chi connectivity index (χ1n) is 5.81. The molecule has 0 saturated carbocycles. The van der Waals surface area contributed by atoms with Crippen LogP contribution in [0, 0.1) is 5.92 Å². The van der Waals surface area contributed by atoms with E-state index in [4.69, 9.17) is 0 Å². The first kappa shape index (κ1) is 11.2. The lowest BCUT2D eigenvalue weighted by Crippen LogP contribution is -2.32. The van der Waals surface area contributed by atoms with Crippen LogP contribution in [0.4, 0.5) is 0 Å². The summed E-state index contributed by atoms with van der Waals surface area (Å²) in [7, 11) is 0. The van der Waals surface area contributed by atoms with Gasteiger partial charge in [-0.2, -0.15) is 0 Å². The number of aliphatic hydroxyl groups is 1. The van der Waals surface area contributed by atoms with E-state index < -0.39 is 0 Å². The molecule has 1 aliphatic rings. The van der Waals surface area contributed by atoms with Crippen LogP contribution in [0.25, 0.3) is 0 Å². The highest BCUT2D eigenvalue weighted by atomic mass is 16.3. The van der Waals surface area contributed by atoms with Crippen LogP contribution in [-0.4, -0.2) is 11.7 Å². The Labute approximate surface area is 97.1 Å². The summed E-state index contributed by atoms with van der Waals surface area (Å²) in [6.07, 6.45) is 9.80. The maximum absolute atomic E-state index is 9.45. The topological polar surface area (TPSA) is 20.2 Å². The number of hydrogen-bond acceptors (Lipinski definition) is 1. The van der Waals surface area contributed by atoms with Gasteiger partial charge in [-0.25, -0.2) is 0 Å². The molecule has 0 fully saturated rings. The fourth-order valence-electron chi connectivity index (χ4n) is 2.34. The minimum absolute atomic E-state index is 0.131. The van der Waals surface area contributed by atoms with Crippen LogP contribution in [0.15, 0.2) is 54.6 Å². The number of benzene rings is 1. The molecule has 0 radical (unpaired) electrons. The highest BCUT2D eigenvalue weighted by molar-refractivity contribution is 5.40. The molecule has 1 N–H and O–H groups in total. The van der Waals surface area contributed by atoms with Gasteiger partial charge in [0.15, 0.2) is 0 Å². The largest absolute Gasteiger partial charge is 0.396 e. The second-order valence-electron chi connectivity index (χ2n) is 4.42. The molecule has 1 aromatic rings. The van der Waals surface area contributed by atoms with Gasteiger partial charge in [0.25, 0.3) is 0 Å². The van der Waals surface area contributed by atoms with Crippen molar-refractivity contribution in [2.45, 2.75) is 18.8 Å². The van der Waals surface area contributed by atoms with Gasteiger partial charge in [0.05, 0.1) is 0 Å². The van der Waals surface area contributed by atoms with Gasteiger partial charge in [0, 0.05) is 12.0 Å². The van der Waals surface area contributed by atoms with Gasteiger partial charge in [0.2, 0.25) is 0 Å². The molecule has 0 saturated heterocycles. The van der Waals surface area contributed by atoms with Crippen LogP contribution in [0.1, 0.15) is 18.9 Å². The van der Waals surface area contributed by atoms with Crippen molar-refractivity contribution < 1.29 is 5.11 Å². The molecule has 1 aliphatic carbocycles. The summed E-state index contributed by atoms with van der Waals surface area (Å²) in [5.74, 6) is 0.197. The molecular weight excluding hydrogens is 196 g/mol. The number of aliphatic hydroxyl groups excluding tert-OH is 1. The van der Waals surface area contributed by atoms with E-state index in [1.165, 1.54) is 5.56 Å². The predicted molar refractivity (Wildman–Crippen MR) is 67.3 cm³/mol. The Bertz CT molecular complexity index is 377. The Balaban J connectivity index is 2.47. The fourth-order valence-corrected chi connectivity index (χ4v) is 2.34. The molecule has 1 unspecified atom stereocenters. The molecule has 0 heterocycles. The predicted octanol–water partition coefficient (Wildman–Crippen LogP) is 3.07. The van der Waals surface area contributed by atoms with Gasteiger partial charge >= 0.3 is 0 Å². The Kier molecular flexibility index (Phi) is 3.25. The molecule has 0 amide bonds. The zero-order chi connectivity index (χ0) is 11.4. The lowest BCUT2D eigenvalue weighted by atomic mass is 9.69. The quantitative estimate of drug-likeness (QED) is 0.767. The third kappa shape index (κ3) is 1.83. The van der Waals surface area contributed by atoms with Crippen molar-refractivity contribution in [2.24, 2.45) is 5.92 Å². The average molecular weight is 214 g/mol. The highest BCUT2D eigenvalue weighted by Crippen LogP contribution is 2.37. The van der Waals surface area contributed by atoms with E-state index in [1.54, 1.807) is 0 Å². The molecule has 0 bridgehead atoms. The van der Waals surface area contributed by atoms with E-state index in [2.05, 4.69) is 55.5 Å². The van der Waals surface area contributed by atoms with Crippen molar-refractivity contribution >= 4 is 0 Å². The maximum atomic E-state index is 9.45. The van der Waals surface area contributed by atoms with Gasteiger partial charge in [-0.1, -0.05) is 61.6 Å². The smallest absolute Gasteiger partial charge is 0.0471 e. The van der Waals surface area contributed by atoms with Crippen LogP contribution >= 0.6 is 0 Å².